The number of aliphatic carboxylic acids is 2. The first kappa shape index (κ1) is 12.7. The minimum Gasteiger partial charge on any atom is -0.481 e. The summed E-state index contributed by atoms with van der Waals surface area (Å²) in [4.78, 5) is 21.4. The monoisotopic (exact) mass is 200 g/mol. The zero-order valence-corrected chi connectivity index (χ0v) is 8.49. The molecule has 1 atom stereocenters. The minimum atomic E-state index is -0.981. The average molecular weight is 200 g/mol. The number of hydrogen-bond donors (Lipinski definition) is 2. The van der Waals surface area contributed by atoms with Gasteiger partial charge in [0.05, 0.1) is 12.3 Å². The molecule has 0 rings (SSSR count). The predicted octanol–water partition coefficient (Wildman–Crippen LogP) is 1.76. The van der Waals surface area contributed by atoms with E-state index in [1.807, 2.05) is 0 Å². The summed E-state index contributed by atoms with van der Waals surface area (Å²) in [5.41, 5.74) is -0.758. The number of carboxylic acids is 2. The van der Waals surface area contributed by atoms with Crippen LogP contribution < -0.4 is 0 Å². The zero-order chi connectivity index (χ0) is 11.4. The molecule has 0 aliphatic heterocycles. The number of carbonyl (C=O) groups is 2. The molecule has 0 aromatic carbocycles. The van der Waals surface area contributed by atoms with Gasteiger partial charge in [0.15, 0.2) is 0 Å². The van der Waals surface area contributed by atoms with E-state index in [0.29, 0.717) is 0 Å². The molecule has 0 amide bonds. The molecule has 1 unspecified atom stereocenters. The van der Waals surface area contributed by atoms with Gasteiger partial charge < -0.3 is 10.2 Å². The van der Waals surface area contributed by atoms with E-state index in [-0.39, 0.29) is 12.8 Å². The summed E-state index contributed by atoms with van der Waals surface area (Å²) in [5.74, 6) is -2.66. The van der Waals surface area contributed by atoms with Gasteiger partial charge in [-0.05, 0) is 11.8 Å². The predicted molar refractivity (Wildman–Crippen MR) is 52.0 cm³/mol. The first-order valence-corrected chi connectivity index (χ1v) is 4.36. The van der Waals surface area contributed by atoms with Crippen molar-refractivity contribution >= 4 is 11.9 Å². The Morgan fingerprint density at radius 3 is 2.21 bits per heavy atom. The lowest BCUT2D eigenvalue weighted by molar-refractivity contribution is -0.148. The van der Waals surface area contributed by atoms with Crippen LogP contribution in [0.5, 0.6) is 0 Å². The van der Waals surface area contributed by atoms with Gasteiger partial charge in [0.25, 0.3) is 0 Å². The summed E-state index contributed by atoms with van der Waals surface area (Å²) in [7, 11) is 0. The van der Waals surface area contributed by atoms with Gasteiger partial charge >= 0.3 is 11.9 Å². The summed E-state index contributed by atoms with van der Waals surface area (Å²) in [6.45, 7) is 6.75. The Morgan fingerprint density at radius 2 is 1.93 bits per heavy atom. The highest BCUT2D eigenvalue weighted by Crippen LogP contribution is 2.33. The smallest absolute Gasteiger partial charge is 0.307 e. The molecule has 0 radical (unpaired) electrons. The summed E-state index contributed by atoms with van der Waals surface area (Å²) in [6.07, 6.45) is 1.63. The van der Waals surface area contributed by atoms with Crippen LogP contribution in [0.15, 0.2) is 12.7 Å². The number of hydrogen-bond acceptors (Lipinski definition) is 2. The third-order valence-electron chi connectivity index (χ3n) is 2.25. The van der Waals surface area contributed by atoms with E-state index in [1.165, 1.54) is 6.08 Å². The summed E-state index contributed by atoms with van der Waals surface area (Å²) < 4.78 is 0. The van der Waals surface area contributed by atoms with Gasteiger partial charge in [-0.25, -0.2) is 0 Å². The van der Waals surface area contributed by atoms with Crippen LogP contribution in [0.1, 0.15) is 26.7 Å². The Labute approximate surface area is 83.2 Å². The van der Waals surface area contributed by atoms with Crippen molar-refractivity contribution < 1.29 is 19.8 Å². The number of carboxylic acid groups (broad SMARTS) is 2. The lowest BCUT2D eigenvalue weighted by Gasteiger charge is -2.29. The van der Waals surface area contributed by atoms with E-state index in [1.54, 1.807) is 13.8 Å². The van der Waals surface area contributed by atoms with Crippen LogP contribution in [0.4, 0.5) is 0 Å². The van der Waals surface area contributed by atoms with Crippen molar-refractivity contribution in [3.63, 3.8) is 0 Å². The van der Waals surface area contributed by atoms with E-state index in [2.05, 4.69) is 6.58 Å². The molecule has 4 nitrogen and oxygen atoms in total. The highest BCUT2D eigenvalue weighted by atomic mass is 16.4. The van der Waals surface area contributed by atoms with Crippen molar-refractivity contribution in [1.29, 1.82) is 0 Å². The van der Waals surface area contributed by atoms with Crippen molar-refractivity contribution in [2.24, 2.45) is 11.3 Å². The first-order valence-electron chi connectivity index (χ1n) is 4.36. The molecule has 0 saturated heterocycles. The topological polar surface area (TPSA) is 74.6 Å². The van der Waals surface area contributed by atoms with Gasteiger partial charge in [-0.15, -0.1) is 6.58 Å². The highest BCUT2D eigenvalue weighted by Gasteiger charge is 2.35. The Kier molecular flexibility index (Phi) is 4.34. The molecule has 0 aromatic rings. The van der Waals surface area contributed by atoms with Gasteiger partial charge in [-0.3, -0.25) is 9.59 Å². The van der Waals surface area contributed by atoms with Crippen molar-refractivity contribution in [2.75, 3.05) is 0 Å². The van der Waals surface area contributed by atoms with Crippen LogP contribution >= 0.6 is 0 Å². The van der Waals surface area contributed by atoms with Gasteiger partial charge in [0, 0.05) is 0 Å². The van der Waals surface area contributed by atoms with Gasteiger partial charge in [-0.1, -0.05) is 19.9 Å². The van der Waals surface area contributed by atoms with E-state index in [0.717, 1.165) is 0 Å². The average Bonchev–Trinajstić information content (AvgIpc) is 1.96. The van der Waals surface area contributed by atoms with Crippen LogP contribution in [0.3, 0.4) is 0 Å². The molecule has 14 heavy (non-hydrogen) atoms. The molecule has 4 heteroatoms. The maximum Gasteiger partial charge on any atom is 0.307 e. The third-order valence-corrected chi connectivity index (χ3v) is 2.25. The summed E-state index contributed by atoms with van der Waals surface area (Å²) >= 11 is 0. The maximum atomic E-state index is 10.9. The van der Waals surface area contributed by atoms with Crippen molar-refractivity contribution in [3.05, 3.63) is 12.7 Å². The fraction of sp³-hybridized carbons (Fsp3) is 0.600. The van der Waals surface area contributed by atoms with Gasteiger partial charge in [0.1, 0.15) is 0 Å². The third kappa shape index (κ3) is 3.60. The second kappa shape index (κ2) is 4.79. The Morgan fingerprint density at radius 1 is 1.43 bits per heavy atom. The molecule has 0 aliphatic carbocycles. The van der Waals surface area contributed by atoms with Crippen LogP contribution in [-0.2, 0) is 9.59 Å². The zero-order valence-electron chi connectivity index (χ0n) is 8.49. The second-order valence-electron chi connectivity index (χ2n) is 3.97. The van der Waals surface area contributed by atoms with E-state index in [9.17, 15) is 9.59 Å². The van der Waals surface area contributed by atoms with Crippen molar-refractivity contribution in [3.8, 4) is 0 Å². The van der Waals surface area contributed by atoms with Gasteiger partial charge in [0.2, 0.25) is 0 Å². The number of rotatable bonds is 6. The Hall–Kier alpha value is -1.32. The van der Waals surface area contributed by atoms with Crippen molar-refractivity contribution in [1.82, 2.24) is 0 Å². The quantitative estimate of drug-likeness (QED) is 0.641. The molecule has 0 aliphatic rings. The largest absolute Gasteiger partial charge is 0.481 e. The molecule has 0 aromatic heterocycles. The molecule has 0 spiro atoms. The summed E-state index contributed by atoms with van der Waals surface area (Å²) in [6, 6.07) is 0. The van der Waals surface area contributed by atoms with Crippen LogP contribution in [0, 0.1) is 11.3 Å². The van der Waals surface area contributed by atoms with E-state index < -0.39 is 23.3 Å². The molecular weight excluding hydrogens is 184 g/mol. The first-order chi connectivity index (χ1) is 6.31. The van der Waals surface area contributed by atoms with Gasteiger partial charge in [-0.2, -0.15) is 0 Å². The lowest BCUT2D eigenvalue weighted by Crippen LogP contribution is -2.32. The fourth-order valence-electron chi connectivity index (χ4n) is 1.43. The standard InChI is InChI=1S/C10H16O4/c1-4-5-7(9(13)14)10(2,3)6-8(11)12/h4,7H,1,5-6H2,2-3H3,(H,11,12)(H,13,14). The molecular formula is C10H16O4. The number of allylic oxidation sites excluding steroid dienone is 1. The highest BCUT2D eigenvalue weighted by molar-refractivity contribution is 5.74. The van der Waals surface area contributed by atoms with E-state index >= 15 is 0 Å². The van der Waals surface area contributed by atoms with Crippen LogP contribution in [0.2, 0.25) is 0 Å². The molecule has 0 fully saturated rings. The molecule has 2 N–H and O–H groups in total. The summed E-state index contributed by atoms with van der Waals surface area (Å²) in [5, 5.41) is 17.5. The maximum absolute atomic E-state index is 10.9. The minimum absolute atomic E-state index is 0.155. The Bertz CT molecular complexity index is 243. The molecule has 0 saturated carbocycles. The SMILES string of the molecule is C=CCC(C(=O)O)C(C)(C)CC(=O)O. The van der Waals surface area contributed by atoms with E-state index in [4.69, 9.17) is 10.2 Å². The van der Waals surface area contributed by atoms with Crippen LogP contribution in [-0.4, -0.2) is 22.2 Å². The van der Waals surface area contributed by atoms with Crippen molar-refractivity contribution in [2.45, 2.75) is 26.7 Å². The molecule has 0 heterocycles. The molecule has 80 valence electrons. The lowest BCUT2D eigenvalue weighted by atomic mass is 9.74. The second-order valence-corrected chi connectivity index (χ2v) is 3.97. The normalized spacial score (nSPS) is 13.3. The Balaban J connectivity index is 4.69. The van der Waals surface area contributed by atoms with Crippen LogP contribution in [0.25, 0.3) is 0 Å². The molecule has 0 bridgehead atoms. The fourth-order valence-corrected chi connectivity index (χ4v) is 1.43.